The molecule has 0 atom stereocenters. The number of aliphatic carboxylic acids is 1. The quantitative estimate of drug-likeness (QED) is 0.332. The SMILES string of the molecule is C=CC(=O)O.C=CC(=O)OCCCCCCCC.C=Cc1ccccc1. The van der Waals surface area contributed by atoms with E-state index >= 15 is 0 Å². The third kappa shape index (κ3) is 21.4. The Bertz CT molecular complexity index is 506. The molecule has 0 aromatic heterocycles. The van der Waals surface area contributed by atoms with Gasteiger partial charge in [0.25, 0.3) is 0 Å². The molecule has 144 valence electrons. The molecule has 0 aliphatic rings. The van der Waals surface area contributed by atoms with Crippen molar-refractivity contribution in [2.24, 2.45) is 0 Å². The molecule has 0 heterocycles. The smallest absolute Gasteiger partial charge is 0.330 e. The largest absolute Gasteiger partial charge is 0.478 e. The number of carbonyl (C=O) groups is 2. The molecule has 1 rings (SSSR count). The lowest BCUT2D eigenvalue weighted by Crippen LogP contribution is -2.01. The Balaban J connectivity index is 0. The van der Waals surface area contributed by atoms with Crippen LogP contribution in [0.5, 0.6) is 0 Å². The Kier molecular flexibility index (Phi) is 20.1. The molecule has 4 nitrogen and oxygen atoms in total. The molecule has 0 spiro atoms. The Labute approximate surface area is 157 Å². The van der Waals surface area contributed by atoms with Crippen molar-refractivity contribution in [3.63, 3.8) is 0 Å². The van der Waals surface area contributed by atoms with Crippen molar-refractivity contribution in [3.05, 3.63) is 67.8 Å². The van der Waals surface area contributed by atoms with Gasteiger partial charge in [-0.15, -0.1) is 0 Å². The van der Waals surface area contributed by atoms with Gasteiger partial charge in [0.15, 0.2) is 0 Å². The normalized spacial score (nSPS) is 8.65. The van der Waals surface area contributed by atoms with Crippen LogP contribution in [0.2, 0.25) is 0 Å². The van der Waals surface area contributed by atoms with E-state index in [1.807, 2.05) is 36.4 Å². The molecule has 4 heteroatoms. The van der Waals surface area contributed by atoms with E-state index in [-0.39, 0.29) is 5.97 Å². The van der Waals surface area contributed by atoms with Crippen molar-refractivity contribution < 1.29 is 19.4 Å². The van der Waals surface area contributed by atoms with E-state index < -0.39 is 5.97 Å². The number of ether oxygens (including phenoxy) is 1. The molecule has 0 saturated carbocycles. The highest BCUT2D eigenvalue weighted by molar-refractivity contribution is 5.81. The van der Waals surface area contributed by atoms with Crippen molar-refractivity contribution in [2.75, 3.05) is 6.61 Å². The van der Waals surface area contributed by atoms with Gasteiger partial charge in [-0.2, -0.15) is 0 Å². The zero-order valence-corrected chi connectivity index (χ0v) is 15.9. The number of unbranched alkanes of at least 4 members (excludes halogenated alkanes) is 5. The summed E-state index contributed by atoms with van der Waals surface area (Å²) in [7, 11) is 0. The zero-order valence-electron chi connectivity index (χ0n) is 15.9. The maximum Gasteiger partial charge on any atom is 0.330 e. The highest BCUT2D eigenvalue weighted by atomic mass is 16.5. The fourth-order valence-electron chi connectivity index (χ4n) is 1.70. The van der Waals surface area contributed by atoms with Crippen LogP contribution in [0.3, 0.4) is 0 Å². The Morgan fingerprint density at radius 1 is 0.962 bits per heavy atom. The van der Waals surface area contributed by atoms with Crippen LogP contribution in [-0.2, 0) is 14.3 Å². The second-order valence-electron chi connectivity index (χ2n) is 5.30. The third-order valence-corrected chi connectivity index (χ3v) is 3.12. The highest BCUT2D eigenvalue weighted by Crippen LogP contribution is 2.04. The standard InChI is InChI=1S/C11H20O2.C8H8.C3H4O2/c1-3-5-6-7-8-9-10-13-11(12)4-2;1-2-8-6-4-3-5-7-8;1-2-3(4)5/h4H,2-3,5-10H2,1H3;2-7H,1H2;2H,1H2,(H,4,5). The molecule has 26 heavy (non-hydrogen) atoms. The Morgan fingerprint density at radius 2 is 1.50 bits per heavy atom. The predicted molar refractivity (Wildman–Crippen MR) is 109 cm³/mol. The van der Waals surface area contributed by atoms with Gasteiger partial charge in [-0.1, -0.05) is 95.2 Å². The fraction of sp³-hybridized carbons (Fsp3) is 0.364. The molecule has 0 radical (unpaired) electrons. The van der Waals surface area contributed by atoms with Gasteiger partial charge < -0.3 is 9.84 Å². The van der Waals surface area contributed by atoms with Crippen LogP contribution in [0.15, 0.2) is 62.2 Å². The summed E-state index contributed by atoms with van der Waals surface area (Å²) in [5.41, 5.74) is 1.17. The van der Waals surface area contributed by atoms with Gasteiger partial charge in [0.05, 0.1) is 6.61 Å². The summed E-state index contributed by atoms with van der Waals surface area (Å²) in [4.78, 5) is 19.9. The van der Waals surface area contributed by atoms with Crippen LogP contribution in [-0.4, -0.2) is 23.7 Å². The second kappa shape index (κ2) is 20.4. The van der Waals surface area contributed by atoms with E-state index in [4.69, 9.17) is 9.84 Å². The van der Waals surface area contributed by atoms with E-state index in [0.29, 0.717) is 6.61 Å². The minimum Gasteiger partial charge on any atom is -0.478 e. The number of hydrogen-bond donors (Lipinski definition) is 1. The van der Waals surface area contributed by atoms with Crippen LogP contribution < -0.4 is 0 Å². The number of hydrogen-bond acceptors (Lipinski definition) is 3. The number of carbonyl (C=O) groups excluding carboxylic acids is 1. The van der Waals surface area contributed by atoms with Gasteiger partial charge in [0.2, 0.25) is 0 Å². The first kappa shape index (κ1) is 25.6. The average molecular weight is 360 g/mol. The van der Waals surface area contributed by atoms with Gasteiger partial charge in [0, 0.05) is 12.2 Å². The van der Waals surface area contributed by atoms with Crippen molar-refractivity contribution in [1.82, 2.24) is 0 Å². The maximum absolute atomic E-state index is 10.6. The Hall–Kier alpha value is -2.62. The van der Waals surface area contributed by atoms with Crippen molar-refractivity contribution >= 4 is 18.0 Å². The number of esters is 1. The summed E-state index contributed by atoms with van der Waals surface area (Å²) in [5, 5.41) is 7.60. The molecule has 1 aromatic rings. The molecule has 0 fully saturated rings. The minimum atomic E-state index is -0.981. The van der Waals surface area contributed by atoms with Crippen molar-refractivity contribution in [2.45, 2.75) is 45.4 Å². The monoisotopic (exact) mass is 360 g/mol. The lowest BCUT2D eigenvalue weighted by atomic mass is 10.1. The van der Waals surface area contributed by atoms with Gasteiger partial charge in [-0.25, -0.2) is 9.59 Å². The van der Waals surface area contributed by atoms with Crippen LogP contribution in [0, 0.1) is 0 Å². The lowest BCUT2D eigenvalue weighted by molar-refractivity contribution is -0.138. The first-order valence-corrected chi connectivity index (χ1v) is 8.83. The average Bonchev–Trinajstić information content (AvgIpc) is 2.68. The fourth-order valence-corrected chi connectivity index (χ4v) is 1.70. The van der Waals surface area contributed by atoms with Gasteiger partial charge >= 0.3 is 11.9 Å². The summed E-state index contributed by atoms with van der Waals surface area (Å²) >= 11 is 0. The number of rotatable bonds is 10. The highest BCUT2D eigenvalue weighted by Gasteiger charge is 1.94. The van der Waals surface area contributed by atoms with Crippen molar-refractivity contribution in [1.29, 1.82) is 0 Å². The number of benzene rings is 1. The molecule has 0 aliphatic carbocycles. The number of carboxylic acids is 1. The Morgan fingerprint density at radius 3 is 1.92 bits per heavy atom. The molecular weight excluding hydrogens is 328 g/mol. The third-order valence-electron chi connectivity index (χ3n) is 3.12. The van der Waals surface area contributed by atoms with E-state index in [9.17, 15) is 9.59 Å². The summed E-state index contributed by atoms with van der Waals surface area (Å²) < 4.78 is 4.84. The van der Waals surface area contributed by atoms with E-state index in [1.165, 1.54) is 37.3 Å². The zero-order chi connectivity index (χ0) is 20.0. The first-order chi connectivity index (χ1) is 12.5. The van der Waals surface area contributed by atoms with Gasteiger partial charge in [0.1, 0.15) is 0 Å². The van der Waals surface area contributed by atoms with E-state index in [2.05, 4.69) is 26.7 Å². The summed E-state index contributed by atoms with van der Waals surface area (Å²) in [6.07, 6.45) is 11.1. The molecule has 0 aliphatic heterocycles. The molecule has 1 aromatic carbocycles. The topological polar surface area (TPSA) is 63.6 Å². The molecular formula is C22H32O4. The molecule has 0 saturated heterocycles. The van der Waals surface area contributed by atoms with Gasteiger partial charge in [-0.05, 0) is 12.0 Å². The summed E-state index contributed by atoms with van der Waals surface area (Å²) in [6.45, 7) is 12.7. The lowest BCUT2D eigenvalue weighted by Gasteiger charge is -2.01. The van der Waals surface area contributed by atoms with Crippen molar-refractivity contribution in [3.8, 4) is 0 Å². The van der Waals surface area contributed by atoms with Gasteiger partial charge in [-0.3, -0.25) is 0 Å². The predicted octanol–water partition coefficient (Wildman–Crippen LogP) is 5.66. The minimum absolute atomic E-state index is 0.312. The van der Waals surface area contributed by atoms with Crippen LogP contribution >= 0.6 is 0 Å². The molecule has 0 bridgehead atoms. The first-order valence-electron chi connectivity index (χ1n) is 8.83. The summed E-state index contributed by atoms with van der Waals surface area (Å²) in [6, 6.07) is 10.0. The molecule has 1 N–H and O–H groups in total. The maximum atomic E-state index is 10.6. The molecule has 0 amide bonds. The summed E-state index contributed by atoms with van der Waals surface area (Å²) in [5.74, 6) is -1.29. The van der Waals surface area contributed by atoms with Crippen LogP contribution in [0.1, 0.15) is 51.0 Å². The van der Waals surface area contributed by atoms with E-state index in [0.717, 1.165) is 18.9 Å². The van der Waals surface area contributed by atoms with Crippen LogP contribution in [0.4, 0.5) is 0 Å². The second-order valence-corrected chi connectivity index (χ2v) is 5.30. The van der Waals surface area contributed by atoms with Crippen LogP contribution in [0.25, 0.3) is 6.08 Å². The number of carboxylic acid groups (broad SMARTS) is 1. The van der Waals surface area contributed by atoms with E-state index in [1.54, 1.807) is 0 Å². The molecule has 0 unspecified atom stereocenters.